The van der Waals surface area contributed by atoms with Gasteiger partial charge in [-0.15, -0.1) is 10.2 Å². The maximum absolute atomic E-state index is 11.0. The first-order valence-corrected chi connectivity index (χ1v) is 6.35. The summed E-state index contributed by atoms with van der Waals surface area (Å²) >= 11 is 0. The molecule has 0 aliphatic rings. The van der Waals surface area contributed by atoms with Crippen molar-refractivity contribution >= 4 is 17.1 Å². The Balaban J connectivity index is 0.00000242. The molecule has 0 radical (unpaired) electrons. The van der Waals surface area contributed by atoms with Crippen LogP contribution in [-0.4, -0.2) is 10.0 Å². The summed E-state index contributed by atoms with van der Waals surface area (Å²) < 4.78 is 0. The number of nitro groups is 1. The van der Waals surface area contributed by atoms with E-state index in [0.717, 1.165) is 11.1 Å². The van der Waals surface area contributed by atoms with Gasteiger partial charge in [0.1, 0.15) is 11.4 Å². The van der Waals surface area contributed by atoms with Gasteiger partial charge in [0.15, 0.2) is 5.69 Å². The lowest BCUT2D eigenvalue weighted by Gasteiger charge is -2.04. The highest BCUT2D eigenvalue weighted by atomic mass is 16.6. The van der Waals surface area contributed by atoms with E-state index in [2.05, 4.69) is 10.2 Å². The highest BCUT2D eigenvalue weighted by molar-refractivity contribution is 5.60. The molecule has 2 aromatic rings. The second kappa shape index (κ2) is 6.80. The number of hydrogen-bond donors (Lipinski definition) is 1. The van der Waals surface area contributed by atoms with Crippen molar-refractivity contribution in [3.63, 3.8) is 0 Å². The van der Waals surface area contributed by atoms with E-state index >= 15 is 0 Å². The van der Waals surface area contributed by atoms with Crippen LogP contribution in [0.2, 0.25) is 0 Å². The van der Waals surface area contributed by atoms with Gasteiger partial charge in [-0.1, -0.05) is 19.6 Å². The van der Waals surface area contributed by atoms with E-state index in [4.69, 9.17) is 0 Å². The SMILES string of the molecule is C.Cc1cc(C)c(O)c(N=Nc2ccc(C)cc2[N+](=O)[O-])c1. The van der Waals surface area contributed by atoms with Crippen molar-refractivity contribution in [1.82, 2.24) is 0 Å². The summed E-state index contributed by atoms with van der Waals surface area (Å²) in [5, 5.41) is 28.8. The van der Waals surface area contributed by atoms with Gasteiger partial charge in [0.2, 0.25) is 0 Å². The van der Waals surface area contributed by atoms with Crippen LogP contribution in [0.3, 0.4) is 0 Å². The van der Waals surface area contributed by atoms with E-state index in [-0.39, 0.29) is 24.6 Å². The Kier molecular flexibility index (Phi) is 5.34. The first kappa shape index (κ1) is 17.3. The third-order valence-electron chi connectivity index (χ3n) is 3.02. The van der Waals surface area contributed by atoms with Crippen LogP contribution in [0.5, 0.6) is 5.75 Å². The van der Waals surface area contributed by atoms with Gasteiger partial charge in [0.05, 0.1) is 4.92 Å². The second-order valence-corrected chi connectivity index (χ2v) is 4.90. The highest BCUT2D eigenvalue weighted by Gasteiger charge is 2.13. The quantitative estimate of drug-likeness (QED) is 0.475. The topological polar surface area (TPSA) is 88.1 Å². The molecule has 22 heavy (non-hydrogen) atoms. The zero-order valence-corrected chi connectivity index (χ0v) is 12.0. The molecule has 0 saturated heterocycles. The number of phenols is 1. The van der Waals surface area contributed by atoms with E-state index in [9.17, 15) is 15.2 Å². The van der Waals surface area contributed by atoms with Crippen molar-refractivity contribution in [2.45, 2.75) is 28.2 Å². The number of azo groups is 1. The van der Waals surface area contributed by atoms with E-state index in [1.54, 1.807) is 26.0 Å². The molecule has 0 heterocycles. The molecule has 0 fully saturated rings. The Labute approximate surface area is 129 Å². The summed E-state index contributed by atoms with van der Waals surface area (Å²) in [6.07, 6.45) is 0. The van der Waals surface area contributed by atoms with Crippen molar-refractivity contribution in [1.29, 1.82) is 0 Å². The van der Waals surface area contributed by atoms with E-state index < -0.39 is 4.92 Å². The smallest absolute Gasteiger partial charge is 0.296 e. The summed E-state index contributed by atoms with van der Waals surface area (Å²) in [6.45, 7) is 5.40. The molecular weight excluding hydrogens is 282 g/mol. The van der Waals surface area contributed by atoms with Gasteiger partial charge in [-0.2, -0.15) is 0 Å². The molecule has 2 rings (SSSR count). The molecule has 0 bridgehead atoms. The van der Waals surface area contributed by atoms with Crippen LogP contribution < -0.4 is 0 Å². The monoisotopic (exact) mass is 301 g/mol. The van der Waals surface area contributed by atoms with Crippen molar-refractivity contribution in [3.05, 3.63) is 57.1 Å². The number of aryl methyl sites for hydroxylation is 3. The lowest BCUT2D eigenvalue weighted by Crippen LogP contribution is -1.89. The summed E-state index contributed by atoms with van der Waals surface area (Å²) in [4.78, 5) is 10.5. The summed E-state index contributed by atoms with van der Waals surface area (Å²) in [5.74, 6) is 0.0270. The molecule has 0 saturated carbocycles. The van der Waals surface area contributed by atoms with Crippen molar-refractivity contribution in [2.75, 3.05) is 0 Å². The first-order chi connectivity index (χ1) is 9.88. The number of nitrogens with zero attached hydrogens (tertiary/aromatic N) is 3. The number of rotatable bonds is 3. The maximum atomic E-state index is 11.0. The fourth-order valence-electron chi connectivity index (χ4n) is 1.99. The minimum atomic E-state index is -0.497. The molecule has 116 valence electrons. The Hall–Kier alpha value is -2.76. The Morgan fingerprint density at radius 3 is 2.27 bits per heavy atom. The predicted octanol–water partition coefficient (Wildman–Crippen LogP) is 5.28. The molecule has 1 N–H and O–H groups in total. The Bertz CT molecular complexity index is 740. The predicted molar refractivity (Wildman–Crippen MR) is 86.3 cm³/mol. The van der Waals surface area contributed by atoms with Crippen LogP contribution in [0.15, 0.2) is 40.6 Å². The van der Waals surface area contributed by atoms with Gasteiger partial charge in [-0.3, -0.25) is 10.1 Å². The molecule has 0 aliphatic heterocycles. The molecule has 0 aliphatic carbocycles. The number of phenolic OH excluding ortho intramolecular Hbond substituents is 1. The maximum Gasteiger partial charge on any atom is 0.296 e. The van der Waals surface area contributed by atoms with Gasteiger partial charge >= 0.3 is 0 Å². The largest absolute Gasteiger partial charge is 0.505 e. The van der Waals surface area contributed by atoms with Crippen LogP contribution in [0.25, 0.3) is 0 Å². The fourth-order valence-corrected chi connectivity index (χ4v) is 1.99. The normalized spacial score (nSPS) is 10.5. The van der Waals surface area contributed by atoms with Crippen molar-refractivity contribution < 1.29 is 10.0 Å². The van der Waals surface area contributed by atoms with Crippen LogP contribution in [-0.2, 0) is 0 Å². The molecule has 6 heteroatoms. The Morgan fingerprint density at radius 2 is 1.64 bits per heavy atom. The second-order valence-electron chi connectivity index (χ2n) is 4.90. The average molecular weight is 301 g/mol. The molecule has 0 atom stereocenters. The number of benzene rings is 2. The van der Waals surface area contributed by atoms with Gasteiger partial charge in [-0.25, -0.2) is 0 Å². The van der Waals surface area contributed by atoms with E-state index in [1.807, 2.05) is 13.0 Å². The number of hydrogen-bond acceptors (Lipinski definition) is 5. The first-order valence-electron chi connectivity index (χ1n) is 6.35. The minimum absolute atomic E-state index is 0. The van der Waals surface area contributed by atoms with Gasteiger partial charge < -0.3 is 5.11 Å². The summed E-state index contributed by atoms with van der Waals surface area (Å²) in [7, 11) is 0. The fraction of sp³-hybridized carbons (Fsp3) is 0.250. The molecule has 0 amide bonds. The molecule has 6 nitrogen and oxygen atoms in total. The zero-order chi connectivity index (χ0) is 15.6. The van der Waals surface area contributed by atoms with Gasteiger partial charge in [0, 0.05) is 6.07 Å². The molecule has 2 aromatic carbocycles. The lowest BCUT2D eigenvalue weighted by molar-refractivity contribution is -0.384. The van der Waals surface area contributed by atoms with Crippen LogP contribution in [0, 0.1) is 30.9 Å². The van der Waals surface area contributed by atoms with Crippen LogP contribution in [0.4, 0.5) is 17.1 Å². The van der Waals surface area contributed by atoms with Crippen LogP contribution >= 0.6 is 0 Å². The highest BCUT2D eigenvalue weighted by Crippen LogP contribution is 2.34. The zero-order valence-electron chi connectivity index (χ0n) is 12.0. The van der Waals surface area contributed by atoms with E-state index in [1.165, 1.54) is 12.1 Å². The van der Waals surface area contributed by atoms with Crippen molar-refractivity contribution in [3.8, 4) is 5.75 Å². The number of aromatic hydroxyl groups is 1. The van der Waals surface area contributed by atoms with Gasteiger partial charge in [0.25, 0.3) is 5.69 Å². The van der Waals surface area contributed by atoms with Crippen LogP contribution in [0.1, 0.15) is 24.1 Å². The number of nitro benzene ring substituents is 1. The minimum Gasteiger partial charge on any atom is -0.505 e. The van der Waals surface area contributed by atoms with Gasteiger partial charge in [-0.05, 0) is 49.6 Å². The standard InChI is InChI=1S/C15H15N3O3.CH4/c1-9-4-5-12(14(8-9)18(20)21)16-17-13-7-10(2)6-11(3)15(13)19;/h4-8,19H,1-3H3;1H4. The molecule has 0 aromatic heterocycles. The summed E-state index contributed by atoms with van der Waals surface area (Å²) in [6, 6.07) is 8.20. The average Bonchev–Trinajstić information content (AvgIpc) is 2.42. The molecule has 0 unspecified atom stereocenters. The Morgan fingerprint density at radius 1 is 1.00 bits per heavy atom. The molecule has 0 spiro atoms. The summed E-state index contributed by atoms with van der Waals surface area (Å²) in [5.41, 5.74) is 2.73. The lowest BCUT2D eigenvalue weighted by atomic mass is 10.1. The third-order valence-corrected chi connectivity index (χ3v) is 3.02. The van der Waals surface area contributed by atoms with Crippen molar-refractivity contribution in [2.24, 2.45) is 10.2 Å². The molecular formula is C16H19N3O3. The third kappa shape index (κ3) is 3.66. The van der Waals surface area contributed by atoms with E-state index in [0.29, 0.717) is 11.3 Å².